The normalized spacial score (nSPS) is 13.3. The van der Waals surface area contributed by atoms with Gasteiger partial charge in [-0.05, 0) is 43.5 Å². The molecule has 0 radical (unpaired) electrons. The molecule has 1 aromatic heterocycles. The van der Waals surface area contributed by atoms with E-state index in [0.717, 1.165) is 30.0 Å². The van der Waals surface area contributed by atoms with Gasteiger partial charge in [0, 0.05) is 22.6 Å². The molecule has 26 heavy (non-hydrogen) atoms. The molecule has 7 heteroatoms. The Morgan fingerprint density at radius 3 is 2.50 bits per heavy atom. The molecular formula is C19H27ClN2O3S. The zero-order valence-corrected chi connectivity index (χ0v) is 17.1. The minimum absolute atomic E-state index is 0.361. The first-order chi connectivity index (χ1) is 12.3. The van der Waals surface area contributed by atoms with Gasteiger partial charge in [0.05, 0.1) is 11.2 Å². The number of fused-ring (bicyclic) bond motifs is 1. The van der Waals surface area contributed by atoms with E-state index in [1.807, 2.05) is 6.92 Å². The van der Waals surface area contributed by atoms with Crippen LogP contribution in [0.5, 0.6) is 0 Å². The molecule has 0 spiro atoms. The van der Waals surface area contributed by atoms with E-state index in [0.29, 0.717) is 34.0 Å². The molecule has 0 aliphatic rings. The summed E-state index contributed by atoms with van der Waals surface area (Å²) < 4.78 is 35.2. The lowest BCUT2D eigenvalue weighted by Crippen LogP contribution is -2.38. The molecule has 1 unspecified atom stereocenters. The van der Waals surface area contributed by atoms with Crippen LogP contribution >= 0.6 is 11.6 Å². The number of pyridine rings is 1. The number of hydrogen-bond acceptors (Lipinski definition) is 3. The Morgan fingerprint density at radius 1 is 1.19 bits per heavy atom. The number of anilines is 1. The highest BCUT2D eigenvalue weighted by Crippen LogP contribution is 2.31. The molecule has 0 bridgehead atoms. The number of rotatable bonds is 9. The van der Waals surface area contributed by atoms with Crippen molar-refractivity contribution in [3.05, 3.63) is 35.5 Å². The summed E-state index contributed by atoms with van der Waals surface area (Å²) in [6, 6.07) is 6.35. The van der Waals surface area contributed by atoms with Crippen LogP contribution in [-0.2, 0) is 10.3 Å². The first-order valence-corrected chi connectivity index (χ1v) is 10.9. The van der Waals surface area contributed by atoms with E-state index in [4.69, 9.17) is 11.6 Å². The van der Waals surface area contributed by atoms with Crippen LogP contribution in [0.2, 0.25) is 5.02 Å². The third-order valence-electron chi connectivity index (χ3n) is 4.96. The highest BCUT2D eigenvalue weighted by Gasteiger charge is 2.27. The fourth-order valence-corrected chi connectivity index (χ4v) is 4.54. The first-order valence-electron chi connectivity index (χ1n) is 9.09. The molecule has 0 aliphatic heterocycles. The first kappa shape index (κ1) is 20.9. The van der Waals surface area contributed by atoms with Gasteiger partial charge in [0.25, 0.3) is 0 Å². The molecule has 2 rings (SSSR count). The third kappa shape index (κ3) is 5.09. The van der Waals surface area contributed by atoms with Crippen molar-refractivity contribution in [2.45, 2.75) is 58.9 Å². The molecule has 1 atom stereocenters. The minimum atomic E-state index is -4.41. The van der Waals surface area contributed by atoms with Gasteiger partial charge in [-0.15, -0.1) is 0 Å². The van der Waals surface area contributed by atoms with Gasteiger partial charge in [-0.25, -0.2) is 4.31 Å². The van der Waals surface area contributed by atoms with Crippen molar-refractivity contribution in [3.8, 4) is 0 Å². The summed E-state index contributed by atoms with van der Waals surface area (Å²) in [5, 5.41) is 1.17. The fourth-order valence-electron chi connectivity index (χ4n) is 3.40. The molecular weight excluding hydrogens is 372 g/mol. The van der Waals surface area contributed by atoms with Gasteiger partial charge >= 0.3 is 10.3 Å². The molecule has 1 N–H and O–H groups in total. The van der Waals surface area contributed by atoms with E-state index < -0.39 is 10.3 Å². The van der Waals surface area contributed by atoms with Crippen LogP contribution in [0.4, 0.5) is 5.69 Å². The topological polar surface area (TPSA) is 70.5 Å². The summed E-state index contributed by atoms with van der Waals surface area (Å²) in [4.78, 5) is 4.25. The Bertz CT molecular complexity index is 838. The Balaban J connectivity index is 2.31. The molecule has 0 aliphatic carbocycles. The van der Waals surface area contributed by atoms with Crippen molar-refractivity contribution in [3.63, 3.8) is 0 Å². The molecule has 0 amide bonds. The van der Waals surface area contributed by atoms with Gasteiger partial charge in [0.15, 0.2) is 0 Å². The van der Waals surface area contributed by atoms with Gasteiger partial charge in [-0.2, -0.15) is 8.42 Å². The monoisotopic (exact) mass is 398 g/mol. The van der Waals surface area contributed by atoms with Gasteiger partial charge in [-0.1, -0.05) is 51.1 Å². The van der Waals surface area contributed by atoms with Crippen molar-refractivity contribution in [1.29, 1.82) is 0 Å². The smallest absolute Gasteiger partial charge is 0.269 e. The van der Waals surface area contributed by atoms with Crippen LogP contribution in [-0.4, -0.2) is 24.0 Å². The van der Waals surface area contributed by atoms with E-state index in [9.17, 15) is 13.0 Å². The van der Waals surface area contributed by atoms with Crippen LogP contribution in [0.1, 0.15) is 52.9 Å². The van der Waals surface area contributed by atoms with Crippen LogP contribution < -0.4 is 4.31 Å². The number of aromatic nitrogens is 1. The zero-order chi connectivity index (χ0) is 19.3. The quantitative estimate of drug-likeness (QED) is 0.566. The van der Waals surface area contributed by atoms with Crippen LogP contribution in [0.3, 0.4) is 0 Å². The second-order valence-electron chi connectivity index (χ2n) is 6.73. The second-order valence-corrected chi connectivity index (χ2v) is 8.45. The van der Waals surface area contributed by atoms with Gasteiger partial charge in [0.2, 0.25) is 0 Å². The Morgan fingerprint density at radius 2 is 1.88 bits per heavy atom. The van der Waals surface area contributed by atoms with E-state index in [-0.39, 0.29) is 6.04 Å². The lowest BCUT2D eigenvalue weighted by atomic mass is 9.95. The minimum Gasteiger partial charge on any atom is -0.269 e. The Hall–Kier alpha value is -1.37. The number of hydrogen-bond donors (Lipinski definition) is 1. The molecule has 1 aromatic carbocycles. The summed E-state index contributed by atoms with van der Waals surface area (Å²) in [5.41, 5.74) is 1.01. The Kier molecular flexibility index (Phi) is 7.26. The van der Waals surface area contributed by atoms with Crippen molar-refractivity contribution in [2.24, 2.45) is 5.92 Å². The van der Waals surface area contributed by atoms with Crippen LogP contribution in [0, 0.1) is 5.92 Å². The maximum absolute atomic E-state index is 12.1. The SMILES string of the molecule is CCC(CC)CCCC(C)N(c1ccnc2cc(Cl)ccc12)S(=O)(=O)O. The standard InChI is InChI=1S/C19H27ClN2O3S/c1-4-15(5-2)8-6-7-14(3)22(26(23,24)25)19-11-12-21-18-13-16(20)9-10-17(18)19/h9-15H,4-8H2,1-3H3,(H,23,24,25). The maximum atomic E-state index is 12.1. The van der Waals surface area contributed by atoms with Gasteiger partial charge in [0.1, 0.15) is 0 Å². The molecule has 0 saturated heterocycles. The van der Waals surface area contributed by atoms with Gasteiger partial charge < -0.3 is 0 Å². The average Bonchev–Trinajstić information content (AvgIpc) is 2.57. The summed E-state index contributed by atoms with van der Waals surface area (Å²) in [7, 11) is -4.41. The van der Waals surface area contributed by atoms with E-state index >= 15 is 0 Å². The summed E-state index contributed by atoms with van der Waals surface area (Å²) in [5.74, 6) is 0.658. The third-order valence-corrected chi connectivity index (χ3v) is 6.25. The van der Waals surface area contributed by atoms with Crippen LogP contribution in [0.25, 0.3) is 10.9 Å². The number of benzene rings is 1. The highest BCUT2D eigenvalue weighted by molar-refractivity contribution is 7.87. The highest BCUT2D eigenvalue weighted by atomic mass is 35.5. The van der Waals surface area contributed by atoms with Crippen LogP contribution in [0.15, 0.2) is 30.5 Å². The largest absolute Gasteiger partial charge is 0.360 e. The molecule has 5 nitrogen and oxygen atoms in total. The van der Waals surface area contributed by atoms with Gasteiger partial charge in [-0.3, -0.25) is 9.54 Å². The van der Waals surface area contributed by atoms with E-state index in [2.05, 4.69) is 18.8 Å². The van der Waals surface area contributed by atoms with E-state index in [1.54, 1.807) is 24.3 Å². The molecule has 1 heterocycles. The summed E-state index contributed by atoms with van der Waals surface area (Å²) in [6.07, 6.45) is 6.43. The summed E-state index contributed by atoms with van der Waals surface area (Å²) >= 11 is 6.01. The van der Waals surface area contributed by atoms with Crippen molar-refractivity contribution >= 4 is 38.5 Å². The molecule has 0 fully saturated rings. The number of nitrogens with zero attached hydrogens (tertiary/aromatic N) is 2. The summed E-state index contributed by atoms with van der Waals surface area (Å²) in [6.45, 7) is 6.18. The van der Waals surface area contributed by atoms with Crippen molar-refractivity contribution in [1.82, 2.24) is 4.98 Å². The lowest BCUT2D eigenvalue weighted by molar-refractivity contribution is 0.419. The number of halogens is 1. The van der Waals surface area contributed by atoms with Crippen molar-refractivity contribution < 1.29 is 13.0 Å². The maximum Gasteiger partial charge on any atom is 0.360 e. The fraction of sp³-hybridized carbons (Fsp3) is 0.526. The lowest BCUT2D eigenvalue weighted by Gasteiger charge is -2.29. The molecule has 144 valence electrons. The average molecular weight is 399 g/mol. The molecule has 2 aromatic rings. The molecule has 0 saturated carbocycles. The predicted octanol–water partition coefficient (Wildman–Crippen LogP) is 5.49. The van der Waals surface area contributed by atoms with Crippen molar-refractivity contribution in [2.75, 3.05) is 4.31 Å². The predicted molar refractivity (Wildman–Crippen MR) is 108 cm³/mol. The zero-order valence-electron chi connectivity index (χ0n) is 15.5. The van der Waals surface area contributed by atoms with E-state index in [1.165, 1.54) is 6.20 Å². The Labute approximate surface area is 161 Å². The second kappa shape index (κ2) is 9.02.